The van der Waals surface area contributed by atoms with Gasteiger partial charge in [0, 0.05) is 31.5 Å². The molecule has 0 amide bonds. The minimum atomic E-state index is 0.0796. The van der Waals surface area contributed by atoms with Gasteiger partial charge in [0.05, 0.1) is 6.61 Å². The molecular formula is C21H25N3O. The van der Waals surface area contributed by atoms with Crippen molar-refractivity contribution in [2.75, 3.05) is 0 Å². The molecule has 0 spiro atoms. The molecule has 3 rings (SSSR count). The quantitative estimate of drug-likeness (QED) is 0.694. The lowest BCUT2D eigenvalue weighted by Gasteiger charge is -2.16. The predicted molar refractivity (Wildman–Crippen MR) is 100 cm³/mol. The third-order valence-corrected chi connectivity index (χ3v) is 4.51. The normalized spacial score (nSPS) is 12.3. The lowest BCUT2D eigenvalue weighted by atomic mass is 10.0. The maximum absolute atomic E-state index is 9.28. The summed E-state index contributed by atoms with van der Waals surface area (Å²) in [5.74, 6) is 1.03. The van der Waals surface area contributed by atoms with Gasteiger partial charge in [-0.2, -0.15) is 0 Å². The SMILES string of the molecule is Cc1nccn1Cc1cccc(CNC(C)c2cccc(CO)c2)c1. The van der Waals surface area contributed by atoms with Gasteiger partial charge in [0.2, 0.25) is 0 Å². The molecule has 0 aliphatic carbocycles. The van der Waals surface area contributed by atoms with Crippen LogP contribution in [0.5, 0.6) is 0 Å². The first-order valence-corrected chi connectivity index (χ1v) is 8.64. The maximum Gasteiger partial charge on any atom is 0.105 e. The number of aryl methyl sites for hydroxylation is 1. The Morgan fingerprint density at radius 2 is 1.84 bits per heavy atom. The van der Waals surface area contributed by atoms with Crippen molar-refractivity contribution in [3.63, 3.8) is 0 Å². The first kappa shape index (κ1) is 17.4. The fourth-order valence-corrected chi connectivity index (χ4v) is 2.96. The summed E-state index contributed by atoms with van der Waals surface area (Å²) in [4.78, 5) is 4.28. The van der Waals surface area contributed by atoms with E-state index in [-0.39, 0.29) is 12.6 Å². The molecule has 0 radical (unpaired) electrons. The van der Waals surface area contributed by atoms with Gasteiger partial charge in [-0.25, -0.2) is 4.98 Å². The summed E-state index contributed by atoms with van der Waals surface area (Å²) in [6.45, 7) is 5.90. The number of aliphatic hydroxyl groups excluding tert-OH is 1. The fraction of sp³-hybridized carbons (Fsp3) is 0.286. The summed E-state index contributed by atoms with van der Waals surface area (Å²) in [5, 5.41) is 12.8. The van der Waals surface area contributed by atoms with E-state index in [1.165, 1.54) is 16.7 Å². The van der Waals surface area contributed by atoms with E-state index in [4.69, 9.17) is 0 Å². The Kier molecular flexibility index (Phi) is 5.64. The van der Waals surface area contributed by atoms with Gasteiger partial charge in [-0.1, -0.05) is 48.5 Å². The average Bonchev–Trinajstić information content (AvgIpc) is 3.04. The summed E-state index contributed by atoms with van der Waals surface area (Å²) in [6, 6.07) is 17.0. The molecule has 25 heavy (non-hydrogen) atoms. The lowest BCUT2D eigenvalue weighted by molar-refractivity contribution is 0.281. The number of nitrogens with one attached hydrogen (secondary N) is 1. The standard InChI is InChI=1S/C21H25N3O/c1-16(21-8-4-7-20(12-21)15-25)23-13-18-5-3-6-19(11-18)14-24-10-9-22-17(24)2/h3-12,16,23,25H,13-15H2,1-2H3. The van der Waals surface area contributed by atoms with Crippen LogP contribution < -0.4 is 5.32 Å². The van der Waals surface area contributed by atoms with Gasteiger partial charge in [0.1, 0.15) is 5.82 Å². The molecule has 1 unspecified atom stereocenters. The third-order valence-electron chi connectivity index (χ3n) is 4.51. The van der Waals surface area contributed by atoms with Crippen molar-refractivity contribution >= 4 is 0 Å². The highest BCUT2D eigenvalue weighted by atomic mass is 16.3. The summed E-state index contributed by atoms with van der Waals surface area (Å²) < 4.78 is 2.15. The van der Waals surface area contributed by atoms with Gasteiger partial charge >= 0.3 is 0 Å². The van der Waals surface area contributed by atoms with E-state index in [9.17, 15) is 5.11 Å². The smallest absolute Gasteiger partial charge is 0.105 e. The van der Waals surface area contributed by atoms with Crippen molar-refractivity contribution in [1.82, 2.24) is 14.9 Å². The minimum Gasteiger partial charge on any atom is -0.392 e. The Balaban J connectivity index is 1.63. The molecule has 0 saturated carbocycles. The number of imidazole rings is 1. The number of benzene rings is 2. The van der Waals surface area contributed by atoms with Gasteiger partial charge in [0.15, 0.2) is 0 Å². The molecular weight excluding hydrogens is 310 g/mol. The highest BCUT2D eigenvalue weighted by Crippen LogP contribution is 2.16. The largest absolute Gasteiger partial charge is 0.392 e. The molecule has 0 bridgehead atoms. The Hall–Kier alpha value is -2.43. The van der Waals surface area contributed by atoms with Gasteiger partial charge in [-0.15, -0.1) is 0 Å². The highest BCUT2D eigenvalue weighted by Gasteiger charge is 2.06. The first-order chi connectivity index (χ1) is 12.2. The highest BCUT2D eigenvalue weighted by molar-refractivity contribution is 5.27. The van der Waals surface area contributed by atoms with Crippen LogP contribution in [0.25, 0.3) is 0 Å². The second kappa shape index (κ2) is 8.10. The number of aromatic nitrogens is 2. The van der Waals surface area contributed by atoms with E-state index in [1.807, 2.05) is 31.5 Å². The van der Waals surface area contributed by atoms with Crippen molar-refractivity contribution in [2.24, 2.45) is 0 Å². The van der Waals surface area contributed by atoms with Gasteiger partial charge in [-0.05, 0) is 36.1 Å². The number of hydrogen-bond donors (Lipinski definition) is 2. The van der Waals surface area contributed by atoms with E-state index in [0.29, 0.717) is 0 Å². The van der Waals surface area contributed by atoms with Crippen LogP contribution in [-0.4, -0.2) is 14.7 Å². The van der Waals surface area contributed by atoms with Crippen LogP contribution in [0.15, 0.2) is 60.9 Å². The predicted octanol–water partition coefficient (Wildman–Crippen LogP) is 3.58. The minimum absolute atomic E-state index is 0.0796. The second-order valence-electron chi connectivity index (χ2n) is 6.43. The van der Waals surface area contributed by atoms with Crippen molar-refractivity contribution in [2.45, 2.75) is 39.6 Å². The Morgan fingerprint density at radius 1 is 1.08 bits per heavy atom. The molecule has 0 saturated heterocycles. The summed E-state index contributed by atoms with van der Waals surface area (Å²) in [7, 11) is 0. The van der Waals surface area contributed by atoms with E-state index < -0.39 is 0 Å². The second-order valence-corrected chi connectivity index (χ2v) is 6.43. The molecule has 4 heteroatoms. The molecule has 1 atom stereocenters. The van der Waals surface area contributed by atoms with E-state index in [0.717, 1.165) is 24.5 Å². The molecule has 1 heterocycles. The zero-order valence-corrected chi connectivity index (χ0v) is 14.8. The molecule has 2 aromatic carbocycles. The van der Waals surface area contributed by atoms with Crippen LogP contribution in [0.2, 0.25) is 0 Å². The van der Waals surface area contributed by atoms with Crippen LogP contribution in [0.3, 0.4) is 0 Å². The van der Waals surface area contributed by atoms with Gasteiger partial charge < -0.3 is 15.0 Å². The molecule has 3 aromatic rings. The van der Waals surface area contributed by atoms with Crippen molar-refractivity contribution in [1.29, 1.82) is 0 Å². The van der Waals surface area contributed by atoms with Gasteiger partial charge in [-0.3, -0.25) is 0 Å². The number of hydrogen-bond acceptors (Lipinski definition) is 3. The van der Waals surface area contributed by atoms with E-state index in [2.05, 4.69) is 58.2 Å². The van der Waals surface area contributed by atoms with Crippen molar-refractivity contribution in [3.05, 3.63) is 89.0 Å². The van der Waals surface area contributed by atoms with E-state index >= 15 is 0 Å². The topological polar surface area (TPSA) is 50.1 Å². The molecule has 1 aromatic heterocycles. The zero-order valence-electron chi connectivity index (χ0n) is 14.8. The van der Waals surface area contributed by atoms with Crippen molar-refractivity contribution < 1.29 is 5.11 Å². The lowest BCUT2D eigenvalue weighted by Crippen LogP contribution is -2.18. The Morgan fingerprint density at radius 3 is 2.60 bits per heavy atom. The van der Waals surface area contributed by atoms with Crippen LogP contribution in [0.1, 0.15) is 41.0 Å². The summed E-state index contributed by atoms with van der Waals surface area (Å²) in [6.07, 6.45) is 3.85. The van der Waals surface area contributed by atoms with Gasteiger partial charge in [0.25, 0.3) is 0 Å². The van der Waals surface area contributed by atoms with Crippen LogP contribution >= 0.6 is 0 Å². The van der Waals surface area contributed by atoms with Crippen LogP contribution in [0, 0.1) is 6.92 Å². The average molecular weight is 335 g/mol. The molecule has 0 aliphatic heterocycles. The number of rotatable bonds is 7. The Bertz CT molecular complexity index is 825. The number of aliphatic hydroxyl groups is 1. The fourth-order valence-electron chi connectivity index (χ4n) is 2.96. The van der Waals surface area contributed by atoms with Crippen LogP contribution in [-0.2, 0) is 19.7 Å². The molecule has 2 N–H and O–H groups in total. The monoisotopic (exact) mass is 335 g/mol. The summed E-state index contributed by atoms with van der Waals surface area (Å²) in [5.41, 5.74) is 4.68. The molecule has 0 fully saturated rings. The number of nitrogens with zero attached hydrogens (tertiary/aromatic N) is 2. The van der Waals surface area contributed by atoms with Crippen LogP contribution in [0.4, 0.5) is 0 Å². The molecule has 4 nitrogen and oxygen atoms in total. The zero-order chi connectivity index (χ0) is 17.6. The maximum atomic E-state index is 9.28. The Labute approximate surface area is 149 Å². The van der Waals surface area contributed by atoms with E-state index in [1.54, 1.807) is 0 Å². The molecule has 0 aliphatic rings. The first-order valence-electron chi connectivity index (χ1n) is 8.64. The van der Waals surface area contributed by atoms with Crippen molar-refractivity contribution in [3.8, 4) is 0 Å². The third kappa shape index (κ3) is 4.56. The summed E-state index contributed by atoms with van der Waals surface area (Å²) >= 11 is 0. The molecule has 130 valence electrons.